The molecule has 4 nitrogen and oxygen atoms in total. The lowest BCUT2D eigenvalue weighted by atomic mass is 10.2. The van der Waals surface area contributed by atoms with E-state index in [4.69, 9.17) is 21.7 Å². The lowest BCUT2D eigenvalue weighted by Crippen LogP contribution is -2.17. The van der Waals surface area contributed by atoms with E-state index in [2.05, 4.69) is 21.2 Å². The number of thiocarbonyl (C=S) groups is 1. The summed E-state index contributed by atoms with van der Waals surface area (Å²) in [5, 5.41) is 2.59. The highest BCUT2D eigenvalue weighted by atomic mass is 79.9. The van der Waals surface area contributed by atoms with E-state index >= 15 is 0 Å². The molecule has 1 saturated heterocycles. The van der Waals surface area contributed by atoms with Crippen LogP contribution in [0.3, 0.4) is 0 Å². The molecule has 0 aliphatic carbocycles. The van der Waals surface area contributed by atoms with Crippen molar-refractivity contribution in [3.8, 4) is 11.5 Å². The van der Waals surface area contributed by atoms with Gasteiger partial charge in [-0.05, 0) is 30.2 Å². The van der Waals surface area contributed by atoms with Crippen molar-refractivity contribution in [3.05, 3.63) is 27.1 Å². The summed E-state index contributed by atoms with van der Waals surface area (Å²) in [5.41, 5.74) is 0.832. The summed E-state index contributed by atoms with van der Waals surface area (Å²) in [6, 6.07) is 3.67. The van der Waals surface area contributed by atoms with Crippen LogP contribution < -0.4 is 14.8 Å². The fourth-order valence-corrected chi connectivity index (χ4v) is 3.18. The molecule has 2 rings (SSSR count). The molecule has 1 amide bonds. The first kappa shape index (κ1) is 16.3. The van der Waals surface area contributed by atoms with Crippen LogP contribution in [0.4, 0.5) is 0 Å². The highest BCUT2D eigenvalue weighted by Gasteiger charge is 2.22. The number of hydrogen-bond donors (Lipinski definition) is 1. The van der Waals surface area contributed by atoms with Gasteiger partial charge in [-0.15, -0.1) is 0 Å². The molecule has 7 heteroatoms. The third-order valence-electron chi connectivity index (χ3n) is 2.67. The van der Waals surface area contributed by atoms with Crippen molar-refractivity contribution in [2.45, 2.75) is 13.3 Å². The SMILES string of the molecule is CCCOc1cc(Br)c(/C=C2/SC(=S)NC2=O)cc1OC. The minimum absolute atomic E-state index is 0.179. The van der Waals surface area contributed by atoms with Crippen molar-refractivity contribution in [2.24, 2.45) is 0 Å². The summed E-state index contributed by atoms with van der Waals surface area (Å²) in [6.07, 6.45) is 2.69. The zero-order valence-corrected chi connectivity index (χ0v) is 14.8. The average molecular weight is 388 g/mol. The number of ether oxygens (including phenoxy) is 2. The van der Waals surface area contributed by atoms with Gasteiger partial charge in [-0.3, -0.25) is 4.79 Å². The van der Waals surface area contributed by atoms with Crippen LogP contribution in [0.15, 0.2) is 21.5 Å². The molecule has 1 aromatic carbocycles. The van der Waals surface area contributed by atoms with E-state index in [-0.39, 0.29) is 5.91 Å². The predicted molar refractivity (Wildman–Crippen MR) is 92.8 cm³/mol. The van der Waals surface area contributed by atoms with Crippen molar-refractivity contribution in [3.63, 3.8) is 0 Å². The van der Waals surface area contributed by atoms with Gasteiger partial charge in [0.1, 0.15) is 4.32 Å². The molecule has 1 aliphatic heterocycles. The molecular formula is C14H14BrNO3S2. The van der Waals surface area contributed by atoms with Gasteiger partial charge in [-0.1, -0.05) is 46.8 Å². The van der Waals surface area contributed by atoms with E-state index in [0.29, 0.717) is 27.3 Å². The third-order valence-corrected chi connectivity index (χ3v) is 4.52. The maximum atomic E-state index is 11.7. The van der Waals surface area contributed by atoms with E-state index < -0.39 is 0 Å². The van der Waals surface area contributed by atoms with Gasteiger partial charge in [0.25, 0.3) is 5.91 Å². The Balaban J connectivity index is 2.34. The van der Waals surface area contributed by atoms with Gasteiger partial charge < -0.3 is 14.8 Å². The van der Waals surface area contributed by atoms with Crippen LogP contribution in [0.1, 0.15) is 18.9 Å². The van der Waals surface area contributed by atoms with E-state index in [9.17, 15) is 4.79 Å². The first-order valence-corrected chi connectivity index (χ1v) is 8.32. The monoisotopic (exact) mass is 387 g/mol. The standard InChI is InChI=1S/C14H14BrNO3S2/c1-3-4-19-11-7-9(15)8(5-10(11)18-2)6-12-13(17)16-14(20)21-12/h5-7H,3-4H2,1-2H3,(H,16,17,20)/b12-6+. The van der Waals surface area contributed by atoms with E-state index in [1.54, 1.807) is 13.2 Å². The van der Waals surface area contributed by atoms with Crippen LogP contribution in [-0.2, 0) is 4.79 Å². The molecule has 0 aromatic heterocycles. The fourth-order valence-electron chi connectivity index (χ4n) is 1.71. The van der Waals surface area contributed by atoms with Gasteiger partial charge in [0.2, 0.25) is 0 Å². The largest absolute Gasteiger partial charge is 0.493 e. The molecule has 0 unspecified atom stereocenters. The van der Waals surface area contributed by atoms with Crippen molar-refractivity contribution >= 4 is 56.2 Å². The van der Waals surface area contributed by atoms with Gasteiger partial charge in [0, 0.05) is 4.47 Å². The zero-order valence-electron chi connectivity index (χ0n) is 11.6. The summed E-state index contributed by atoms with van der Waals surface area (Å²) in [4.78, 5) is 12.3. The second-order valence-corrected chi connectivity index (χ2v) is 6.80. The van der Waals surface area contributed by atoms with Crippen molar-refractivity contribution in [1.82, 2.24) is 5.32 Å². The Morgan fingerprint density at radius 1 is 1.43 bits per heavy atom. The van der Waals surface area contributed by atoms with Gasteiger partial charge in [-0.2, -0.15) is 0 Å². The number of methoxy groups -OCH3 is 1. The summed E-state index contributed by atoms with van der Waals surface area (Å²) < 4.78 is 12.3. The Bertz CT molecular complexity index is 616. The molecule has 112 valence electrons. The number of hydrogen-bond acceptors (Lipinski definition) is 5. The average Bonchev–Trinajstić information content (AvgIpc) is 2.77. The maximum Gasteiger partial charge on any atom is 0.263 e. The van der Waals surface area contributed by atoms with Crippen molar-refractivity contribution in [1.29, 1.82) is 0 Å². The minimum Gasteiger partial charge on any atom is -0.493 e. The lowest BCUT2D eigenvalue weighted by Gasteiger charge is -2.12. The van der Waals surface area contributed by atoms with Gasteiger partial charge >= 0.3 is 0 Å². The van der Waals surface area contributed by atoms with E-state index in [0.717, 1.165) is 16.5 Å². The molecule has 1 aliphatic rings. The second-order valence-electron chi connectivity index (χ2n) is 4.23. The summed E-state index contributed by atoms with van der Waals surface area (Å²) in [7, 11) is 1.59. The molecule has 1 aromatic rings. The van der Waals surface area contributed by atoms with Crippen molar-refractivity contribution < 1.29 is 14.3 Å². The number of thioether (sulfide) groups is 1. The molecule has 21 heavy (non-hydrogen) atoms. The molecule has 0 spiro atoms. The summed E-state index contributed by atoms with van der Waals surface area (Å²) >= 11 is 9.71. The maximum absolute atomic E-state index is 11.7. The molecule has 1 fully saturated rings. The molecule has 1 N–H and O–H groups in total. The van der Waals surface area contributed by atoms with Crippen LogP contribution >= 0.6 is 39.9 Å². The Morgan fingerprint density at radius 3 is 2.76 bits per heavy atom. The number of amides is 1. The van der Waals surface area contributed by atoms with Crippen LogP contribution in [0.5, 0.6) is 11.5 Å². The molecule has 0 bridgehead atoms. The summed E-state index contributed by atoms with van der Waals surface area (Å²) in [6.45, 7) is 2.66. The topological polar surface area (TPSA) is 47.6 Å². The predicted octanol–water partition coefficient (Wildman–Crippen LogP) is 3.74. The van der Waals surface area contributed by atoms with Crippen LogP contribution in [0.2, 0.25) is 0 Å². The number of nitrogens with one attached hydrogen (secondary N) is 1. The molecule has 0 saturated carbocycles. The Morgan fingerprint density at radius 2 is 2.19 bits per heavy atom. The fraction of sp³-hybridized carbons (Fsp3) is 0.286. The van der Waals surface area contributed by atoms with Crippen molar-refractivity contribution in [2.75, 3.05) is 13.7 Å². The number of halogens is 1. The Hall–Kier alpha value is -1.05. The molecule has 1 heterocycles. The van der Waals surface area contributed by atoms with E-state index in [1.807, 2.05) is 19.1 Å². The molecule has 0 atom stereocenters. The van der Waals surface area contributed by atoms with Gasteiger partial charge in [0.05, 0.1) is 18.6 Å². The first-order valence-electron chi connectivity index (χ1n) is 6.30. The lowest BCUT2D eigenvalue weighted by molar-refractivity contribution is -0.115. The Kier molecular flexibility index (Phi) is 5.66. The second kappa shape index (κ2) is 7.29. The smallest absolute Gasteiger partial charge is 0.263 e. The highest BCUT2D eigenvalue weighted by Crippen LogP contribution is 2.36. The van der Waals surface area contributed by atoms with Crippen LogP contribution in [0, 0.1) is 0 Å². The molecular weight excluding hydrogens is 374 g/mol. The number of carbonyl (C=O) groups excluding carboxylic acids is 1. The molecule has 0 radical (unpaired) electrons. The minimum atomic E-state index is -0.179. The van der Waals surface area contributed by atoms with E-state index in [1.165, 1.54) is 11.8 Å². The number of carbonyl (C=O) groups is 1. The first-order chi connectivity index (χ1) is 10.0. The highest BCUT2D eigenvalue weighted by molar-refractivity contribution is 9.10. The third kappa shape index (κ3) is 3.99. The van der Waals surface area contributed by atoms with Crippen LogP contribution in [0.25, 0.3) is 6.08 Å². The Labute approximate surface area is 141 Å². The zero-order chi connectivity index (χ0) is 15.4. The normalized spacial score (nSPS) is 16.2. The quantitative estimate of drug-likeness (QED) is 0.615. The van der Waals surface area contributed by atoms with Crippen LogP contribution in [-0.4, -0.2) is 23.9 Å². The van der Waals surface area contributed by atoms with Gasteiger partial charge in [-0.25, -0.2) is 0 Å². The van der Waals surface area contributed by atoms with Gasteiger partial charge in [0.15, 0.2) is 11.5 Å². The number of benzene rings is 1. The number of rotatable bonds is 5. The summed E-state index contributed by atoms with van der Waals surface area (Å²) in [5.74, 6) is 1.12.